The minimum atomic E-state index is -0.385. The Labute approximate surface area is 152 Å². The molecule has 1 saturated carbocycles. The third-order valence-electron chi connectivity index (χ3n) is 5.13. The molecule has 2 aliphatic rings. The van der Waals surface area contributed by atoms with Crippen molar-refractivity contribution in [3.63, 3.8) is 0 Å². The van der Waals surface area contributed by atoms with Crippen LogP contribution in [-0.4, -0.2) is 47.4 Å². The molecule has 0 bridgehead atoms. The van der Waals surface area contributed by atoms with Crippen LogP contribution < -0.4 is 0 Å². The van der Waals surface area contributed by atoms with E-state index in [-0.39, 0.29) is 29.5 Å². The summed E-state index contributed by atoms with van der Waals surface area (Å²) < 4.78 is 20.2. The fourth-order valence-corrected chi connectivity index (χ4v) is 4.32. The van der Waals surface area contributed by atoms with Crippen LogP contribution in [0, 0.1) is 11.7 Å². The van der Waals surface area contributed by atoms with Crippen molar-refractivity contribution in [2.75, 3.05) is 19.8 Å². The lowest BCUT2D eigenvalue weighted by Gasteiger charge is -2.38. The van der Waals surface area contributed by atoms with Crippen molar-refractivity contribution in [3.8, 4) is 0 Å². The number of morpholine rings is 1. The monoisotopic (exact) mass is 408 g/mol. The first-order valence-electron chi connectivity index (χ1n) is 8.44. The minimum Gasteiger partial charge on any atom is -0.377 e. The maximum absolute atomic E-state index is 14.1. The number of carbonyl (C=O) groups is 2. The van der Waals surface area contributed by atoms with Gasteiger partial charge in [0, 0.05) is 28.7 Å². The summed E-state index contributed by atoms with van der Waals surface area (Å²) in [5.41, 5.74) is 0.904. The second-order valence-corrected chi connectivity index (χ2v) is 7.55. The van der Waals surface area contributed by atoms with Crippen molar-refractivity contribution in [1.29, 1.82) is 0 Å². The van der Waals surface area contributed by atoms with Crippen LogP contribution in [0.3, 0.4) is 0 Å². The summed E-state index contributed by atoms with van der Waals surface area (Å²) >= 11 is 3.26. The van der Waals surface area contributed by atoms with Gasteiger partial charge in [-0.05, 0) is 31.0 Å². The number of fused-ring (bicyclic) bond motifs is 1. The quantitative estimate of drug-likeness (QED) is 0.828. The molecule has 0 radical (unpaired) electrons. The van der Waals surface area contributed by atoms with E-state index in [2.05, 4.69) is 20.9 Å². The van der Waals surface area contributed by atoms with Gasteiger partial charge in [0.15, 0.2) is 0 Å². The average Bonchev–Trinajstić information content (AvgIpc) is 3.20. The lowest BCUT2D eigenvalue weighted by Crippen LogP contribution is -2.53. The number of ether oxygens (including phenoxy) is 1. The van der Waals surface area contributed by atoms with Crippen molar-refractivity contribution in [1.82, 2.24) is 9.88 Å². The molecule has 5 nitrogen and oxygen atoms in total. The zero-order valence-electron chi connectivity index (χ0n) is 13.6. The van der Waals surface area contributed by atoms with Gasteiger partial charge in [0.2, 0.25) is 0 Å². The van der Waals surface area contributed by atoms with Crippen LogP contribution in [0.5, 0.6) is 0 Å². The Kier molecular flexibility index (Phi) is 4.37. The highest BCUT2D eigenvalue weighted by Gasteiger charge is 2.39. The second kappa shape index (κ2) is 6.53. The van der Waals surface area contributed by atoms with E-state index in [9.17, 15) is 14.0 Å². The van der Waals surface area contributed by atoms with Gasteiger partial charge in [-0.3, -0.25) is 9.59 Å². The lowest BCUT2D eigenvalue weighted by atomic mass is 9.95. The number of amides is 1. The van der Waals surface area contributed by atoms with E-state index < -0.39 is 0 Å². The molecule has 2 fully saturated rings. The molecule has 1 aliphatic heterocycles. The number of hydrogen-bond donors (Lipinski definition) is 1. The number of H-pyrrole nitrogens is 1. The van der Waals surface area contributed by atoms with Gasteiger partial charge in [0.1, 0.15) is 17.3 Å². The summed E-state index contributed by atoms with van der Waals surface area (Å²) in [6.45, 7) is 1.26. The number of rotatable bonds is 2. The molecule has 1 N–H and O–H groups in total. The number of benzene rings is 1. The first-order valence-corrected chi connectivity index (χ1v) is 9.23. The molecule has 1 saturated heterocycles. The molecule has 0 spiro atoms. The Morgan fingerprint density at radius 2 is 2.20 bits per heavy atom. The van der Waals surface area contributed by atoms with Gasteiger partial charge >= 0.3 is 0 Å². The Balaban J connectivity index is 1.66. The van der Waals surface area contributed by atoms with E-state index in [0.29, 0.717) is 47.2 Å². The number of nitrogens with one attached hydrogen (secondary N) is 1. The standard InChI is InChI=1S/C18H18BrFN2O3/c19-10-6-13(20)12-8-15(21-14(12)7-10)18(24)22-4-5-25-9-16(22)11-2-1-3-17(11)23/h6-8,11,16,21H,1-5,9H2/t11-,16-/m1/s1. The normalized spacial score (nSPS) is 24.2. The smallest absolute Gasteiger partial charge is 0.270 e. The molecule has 1 amide bonds. The average molecular weight is 409 g/mol. The van der Waals surface area contributed by atoms with Crippen LogP contribution >= 0.6 is 15.9 Å². The van der Waals surface area contributed by atoms with Gasteiger partial charge in [0.25, 0.3) is 5.91 Å². The summed E-state index contributed by atoms with van der Waals surface area (Å²) in [6.07, 6.45) is 2.24. The Bertz CT molecular complexity index is 850. The predicted octanol–water partition coefficient (Wildman–Crippen LogP) is 3.28. The molecule has 1 aromatic carbocycles. The van der Waals surface area contributed by atoms with Gasteiger partial charge in [-0.15, -0.1) is 0 Å². The molecule has 2 heterocycles. The predicted molar refractivity (Wildman–Crippen MR) is 93.9 cm³/mol. The molecule has 1 aliphatic carbocycles. The van der Waals surface area contributed by atoms with Gasteiger partial charge in [0.05, 0.1) is 24.8 Å². The fraction of sp³-hybridized carbons (Fsp3) is 0.444. The van der Waals surface area contributed by atoms with Crippen LogP contribution in [0.4, 0.5) is 4.39 Å². The third-order valence-corrected chi connectivity index (χ3v) is 5.58. The van der Waals surface area contributed by atoms with Crippen LogP contribution in [0.15, 0.2) is 22.7 Å². The number of nitrogens with zero attached hydrogens (tertiary/aromatic N) is 1. The summed E-state index contributed by atoms with van der Waals surface area (Å²) in [4.78, 5) is 29.9. The summed E-state index contributed by atoms with van der Waals surface area (Å²) in [7, 11) is 0. The first kappa shape index (κ1) is 16.7. The number of halogens is 2. The Morgan fingerprint density at radius 3 is 2.96 bits per heavy atom. The van der Waals surface area contributed by atoms with Crippen LogP contribution in [0.1, 0.15) is 29.8 Å². The van der Waals surface area contributed by atoms with Gasteiger partial charge in [-0.1, -0.05) is 15.9 Å². The number of carbonyl (C=O) groups excluding carboxylic acids is 2. The van der Waals surface area contributed by atoms with E-state index >= 15 is 0 Å². The van der Waals surface area contributed by atoms with Crippen molar-refractivity contribution >= 4 is 38.5 Å². The van der Waals surface area contributed by atoms with Crippen LogP contribution in [0.2, 0.25) is 0 Å². The zero-order valence-corrected chi connectivity index (χ0v) is 15.1. The van der Waals surface area contributed by atoms with Crippen LogP contribution in [-0.2, 0) is 9.53 Å². The van der Waals surface area contributed by atoms with E-state index in [0.717, 1.165) is 12.8 Å². The van der Waals surface area contributed by atoms with E-state index in [1.807, 2.05) is 0 Å². The third kappa shape index (κ3) is 3.00. The summed E-state index contributed by atoms with van der Waals surface area (Å²) in [6, 6.07) is 4.42. The highest BCUT2D eigenvalue weighted by atomic mass is 79.9. The van der Waals surface area contributed by atoms with Crippen LogP contribution in [0.25, 0.3) is 10.9 Å². The largest absolute Gasteiger partial charge is 0.377 e. The summed E-state index contributed by atoms with van der Waals surface area (Å²) in [5.74, 6) is -0.539. The number of aromatic nitrogens is 1. The van der Waals surface area contributed by atoms with E-state index in [1.54, 1.807) is 17.0 Å². The fourth-order valence-electron chi connectivity index (χ4n) is 3.89. The maximum Gasteiger partial charge on any atom is 0.270 e. The van der Waals surface area contributed by atoms with Gasteiger partial charge in [-0.2, -0.15) is 0 Å². The zero-order chi connectivity index (χ0) is 17.6. The molecule has 4 rings (SSSR count). The number of aromatic amines is 1. The minimum absolute atomic E-state index is 0.153. The molecule has 25 heavy (non-hydrogen) atoms. The molecule has 0 unspecified atom stereocenters. The Morgan fingerprint density at radius 1 is 1.36 bits per heavy atom. The lowest BCUT2D eigenvalue weighted by molar-refractivity contribution is -0.124. The number of hydrogen-bond acceptors (Lipinski definition) is 3. The van der Waals surface area contributed by atoms with Crippen molar-refractivity contribution < 1.29 is 18.7 Å². The Hall–Kier alpha value is -1.73. The topological polar surface area (TPSA) is 62.4 Å². The van der Waals surface area contributed by atoms with Gasteiger partial charge in [-0.25, -0.2) is 4.39 Å². The molecule has 2 atom stereocenters. The number of ketones is 1. The first-order chi connectivity index (χ1) is 12.0. The molecule has 2 aromatic rings. The van der Waals surface area contributed by atoms with Crippen molar-refractivity contribution in [3.05, 3.63) is 34.2 Å². The number of Topliss-reactive ketones (excluding diaryl/α,β-unsaturated/α-hetero) is 1. The highest BCUT2D eigenvalue weighted by molar-refractivity contribution is 9.10. The van der Waals surface area contributed by atoms with Crippen molar-refractivity contribution in [2.24, 2.45) is 5.92 Å². The SMILES string of the molecule is O=C1CCC[C@@H]1[C@H]1COCCN1C(=O)c1cc2c(F)cc(Br)cc2[nH]1. The van der Waals surface area contributed by atoms with Gasteiger partial charge < -0.3 is 14.6 Å². The van der Waals surface area contributed by atoms with Crippen molar-refractivity contribution in [2.45, 2.75) is 25.3 Å². The molecule has 1 aromatic heterocycles. The molecule has 7 heteroatoms. The summed E-state index contributed by atoms with van der Waals surface area (Å²) in [5, 5.41) is 0.383. The highest BCUT2D eigenvalue weighted by Crippen LogP contribution is 2.31. The molecule has 132 valence electrons. The molecular weight excluding hydrogens is 391 g/mol. The second-order valence-electron chi connectivity index (χ2n) is 6.64. The molecular formula is C18H18BrFN2O3. The van der Waals surface area contributed by atoms with E-state index in [1.165, 1.54) is 6.07 Å². The van der Waals surface area contributed by atoms with E-state index in [4.69, 9.17) is 4.74 Å². The maximum atomic E-state index is 14.1.